The van der Waals surface area contributed by atoms with Gasteiger partial charge in [-0.15, -0.1) is 0 Å². The minimum Gasteiger partial charge on any atom is -0.265 e. The number of aromatic nitrogens is 2. The van der Waals surface area contributed by atoms with Gasteiger partial charge in [0.2, 0.25) is 10.0 Å². The highest BCUT2D eigenvalue weighted by Crippen LogP contribution is 2.32. The standard InChI is InChI=1S/C20H21Cl2N3O2S/c1-14-17(15(2)25(23-14)12-16-8-5-4-6-9-16)13-24(3)28(26,27)20-18(21)10-7-11-19(20)22/h4-11H,12-13H2,1-3H3. The highest BCUT2D eigenvalue weighted by molar-refractivity contribution is 7.89. The second kappa shape index (κ2) is 8.25. The van der Waals surface area contributed by atoms with Crippen LogP contribution in [0.3, 0.4) is 0 Å². The molecule has 3 rings (SSSR count). The van der Waals surface area contributed by atoms with Crippen molar-refractivity contribution in [2.24, 2.45) is 0 Å². The predicted molar refractivity (Wildman–Crippen MR) is 112 cm³/mol. The Morgan fingerprint density at radius 2 is 1.61 bits per heavy atom. The average molecular weight is 438 g/mol. The Balaban J connectivity index is 1.89. The third-order valence-corrected chi connectivity index (χ3v) is 7.43. The van der Waals surface area contributed by atoms with Crippen molar-refractivity contribution >= 4 is 33.2 Å². The number of hydrogen-bond acceptors (Lipinski definition) is 3. The van der Waals surface area contributed by atoms with E-state index in [-0.39, 0.29) is 21.5 Å². The maximum Gasteiger partial charge on any atom is 0.246 e. The predicted octanol–water partition coefficient (Wildman–Crippen LogP) is 4.68. The molecule has 0 unspecified atom stereocenters. The van der Waals surface area contributed by atoms with E-state index in [4.69, 9.17) is 23.2 Å². The van der Waals surface area contributed by atoms with Crippen LogP contribution < -0.4 is 0 Å². The Kier molecular flexibility index (Phi) is 6.15. The lowest BCUT2D eigenvalue weighted by Gasteiger charge is -2.19. The molecule has 0 saturated heterocycles. The largest absolute Gasteiger partial charge is 0.265 e. The first-order valence-electron chi connectivity index (χ1n) is 8.69. The van der Waals surface area contributed by atoms with Gasteiger partial charge in [0.15, 0.2) is 0 Å². The summed E-state index contributed by atoms with van der Waals surface area (Å²) in [6.45, 7) is 4.63. The fourth-order valence-electron chi connectivity index (χ4n) is 3.07. The Bertz CT molecular complexity index is 1080. The number of sulfonamides is 1. The molecule has 0 saturated carbocycles. The number of nitrogens with zero attached hydrogens (tertiary/aromatic N) is 3. The van der Waals surface area contributed by atoms with E-state index < -0.39 is 10.0 Å². The number of benzene rings is 2. The van der Waals surface area contributed by atoms with Gasteiger partial charge in [0.1, 0.15) is 4.90 Å². The zero-order valence-corrected chi connectivity index (χ0v) is 18.2. The van der Waals surface area contributed by atoms with E-state index in [1.807, 2.05) is 48.9 Å². The van der Waals surface area contributed by atoms with Crippen molar-refractivity contribution < 1.29 is 8.42 Å². The van der Waals surface area contributed by atoms with Crippen LogP contribution in [-0.4, -0.2) is 29.6 Å². The molecule has 0 fully saturated rings. The van der Waals surface area contributed by atoms with Crippen LogP contribution >= 0.6 is 23.2 Å². The van der Waals surface area contributed by atoms with E-state index in [9.17, 15) is 8.42 Å². The van der Waals surface area contributed by atoms with Crippen LogP contribution in [0, 0.1) is 13.8 Å². The summed E-state index contributed by atoms with van der Waals surface area (Å²) in [6.07, 6.45) is 0. The first-order valence-corrected chi connectivity index (χ1v) is 10.9. The van der Waals surface area contributed by atoms with Crippen LogP contribution in [0.15, 0.2) is 53.4 Å². The summed E-state index contributed by atoms with van der Waals surface area (Å²) in [5.41, 5.74) is 3.71. The fraction of sp³-hybridized carbons (Fsp3) is 0.250. The van der Waals surface area contributed by atoms with Crippen molar-refractivity contribution in [2.45, 2.75) is 31.8 Å². The van der Waals surface area contributed by atoms with Gasteiger partial charge in [0.05, 0.1) is 22.3 Å². The van der Waals surface area contributed by atoms with Crippen LogP contribution in [0.5, 0.6) is 0 Å². The zero-order chi connectivity index (χ0) is 20.5. The van der Waals surface area contributed by atoms with Crippen LogP contribution in [0.1, 0.15) is 22.5 Å². The molecule has 0 radical (unpaired) electrons. The number of aryl methyl sites for hydroxylation is 1. The summed E-state index contributed by atoms with van der Waals surface area (Å²) in [4.78, 5) is -0.0761. The lowest BCUT2D eigenvalue weighted by atomic mass is 10.2. The first-order chi connectivity index (χ1) is 13.2. The molecule has 1 aromatic heterocycles. The molecule has 0 aliphatic carbocycles. The molecule has 0 spiro atoms. The third kappa shape index (κ3) is 4.10. The zero-order valence-electron chi connectivity index (χ0n) is 15.9. The molecule has 0 aliphatic heterocycles. The third-order valence-electron chi connectivity index (χ3n) is 4.67. The number of rotatable bonds is 6. The molecule has 3 aromatic rings. The molecule has 0 N–H and O–H groups in total. The summed E-state index contributed by atoms with van der Waals surface area (Å²) in [5, 5.41) is 4.80. The van der Waals surface area contributed by atoms with Crippen molar-refractivity contribution in [3.05, 3.63) is 81.1 Å². The Labute approximate surface area is 175 Å². The van der Waals surface area contributed by atoms with Crippen molar-refractivity contribution in [2.75, 3.05) is 7.05 Å². The smallest absolute Gasteiger partial charge is 0.246 e. The van der Waals surface area contributed by atoms with Gasteiger partial charge in [-0.2, -0.15) is 9.40 Å². The Morgan fingerprint density at radius 3 is 2.21 bits per heavy atom. The summed E-state index contributed by atoms with van der Waals surface area (Å²) in [6, 6.07) is 14.6. The van der Waals surface area contributed by atoms with E-state index in [0.29, 0.717) is 6.54 Å². The van der Waals surface area contributed by atoms with Gasteiger partial charge >= 0.3 is 0 Å². The van der Waals surface area contributed by atoms with Crippen LogP contribution in [-0.2, 0) is 23.1 Å². The van der Waals surface area contributed by atoms with E-state index in [0.717, 1.165) is 22.5 Å². The van der Waals surface area contributed by atoms with Gasteiger partial charge < -0.3 is 0 Å². The maximum absolute atomic E-state index is 13.0. The molecule has 8 heteroatoms. The molecule has 0 atom stereocenters. The Hall–Kier alpha value is -1.86. The molecule has 5 nitrogen and oxygen atoms in total. The lowest BCUT2D eigenvalue weighted by Crippen LogP contribution is -2.27. The Morgan fingerprint density at radius 1 is 1.00 bits per heavy atom. The molecule has 148 valence electrons. The molecule has 2 aromatic carbocycles. The van der Waals surface area contributed by atoms with E-state index in [1.165, 1.54) is 23.5 Å². The van der Waals surface area contributed by atoms with Gasteiger partial charge in [-0.25, -0.2) is 8.42 Å². The number of halogens is 2. The first kappa shape index (κ1) is 20.9. The van der Waals surface area contributed by atoms with Gasteiger partial charge in [-0.05, 0) is 31.5 Å². The average Bonchev–Trinajstić information content (AvgIpc) is 2.89. The quantitative estimate of drug-likeness (QED) is 0.562. The van der Waals surface area contributed by atoms with Crippen LogP contribution in [0.25, 0.3) is 0 Å². The van der Waals surface area contributed by atoms with Crippen molar-refractivity contribution in [1.82, 2.24) is 14.1 Å². The van der Waals surface area contributed by atoms with Gasteiger partial charge in [0.25, 0.3) is 0 Å². The van der Waals surface area contributed by atoms with Crippen LogP contribution in [0.4, 0.5) is 0 Å². The summed E-state index contributed by atoms with van der Waals surface area (Å²) in [5.74, 6) is 0. The summed E-state index contributed by atoms with van der Waals surface area (Å²) >= 11 is 12.2. The minimum absolute atomic E-state index is 0.0761. The van der Waals surface area contributed by atoms with Gasteiger partial charge in [0, 0.05) is 24.8 Å². The topological polar surface area (TPSA) is 55.2 Å². The lowest BCUT2D eigenvalue weighted by molar-refractivity contribution is 0.465. The summed E-state index contributed by atoms with van der Waals surface area (Å²) in [7, 11) is -2.33. The van der Waals surface area contributed by atoms with Crippen LogP contribution in [0.2, 0.25) is 10.0 Å². The minimum atomic E-state index is -3.85. The molecule has 0 aliphatic rings. The molecule has 0 amide bonds. The molecule has 28 heavy (non-hydrogen) atoms. The van der Waals surface area contributed by atoms with Gasteiger partial charge in [-0.3, -0.25) is 4.68 Å². The molecular formula is C20H21Cl2N3O2S. The van der Waals surface area contributed by atoms with Crippen molar-refractivity contribution in [3.8, 4) is 0 Å². The van der Waals surface area contributed by atoms with Crippen molar-refractivity contribution in [1.29, 1.82) is 0 Å². The fourth-order valence-corrected chi connectivity index (χ4v) is 5.29. The van der Waals surface area contributed by atoms with E-state index >= 15 is 0 Å². The van der Waals surface area contributed by atoms with E-state index in [2.05, 4.69) is 5.10 Å². The highest BCUT2D eigenvalue weighted by Gasteiger charge is 2.28. The SMILES string of the molecule is Cc1nn(Cc2ccccc2)c(C)c1CN(C)S(=O)(=O)c1c(Cl)cccc1Cl. The van der Waals surface area contributed by atoms with Crippen molar-refractivity contribution in [3.63, 3.8) is 0 Å². The normalized spacial score (nSPS) is 11.9. The molecular weight excluding hydrogens is 417 g/mol. The second-order valence-corrected chi connectivity index (χ2v) is 9.40. The monoisotopic (exact) mass is 437 g/mol. The second-order valence-electron chi connectivity index (χ2n) is 6.60. The van der Waals surface area contributed by atoms with E-state index in [1.54, 1.807) is 6.07 Å². The highest BCUT2D eigenvalue weighted by atomic mass is 35.5. The van der Waals surface area contributed by atoms with Gasteiger partial charge in [-0.1, -0.05) is 59.6 Å². The number of hydrogen-bond donors (Lipinski definition) is 0. The molecule has 0 bridgehead atoms. The summed E-state index contributed by atoms with van der Waals surface area (Å²) < 4.78 is 29.2. The molecule has 1 heterocycles. The maximum atomic E-state index is 13.0.